The summed E-state index contributed by atoms with van der Waals surface area (Å²) in [6.07, 6.45) is 3.21. The van der Waals surface area contributed by atoms with Gasteiger partial charge in [-0.1, -0.05) is 12.1 Å². The Morgan fingerprint density at radius 1 is 1.10 bits per heavy atom. The molecule has 1 aliphatic rings. The van der Waals surface area contributed by atoms with E-state index in [2.05, 4.69) is 15.0 Å². The lowest BCUT2D eigenvalue weighted by Gasteiger charge is -2.30. The Bertz CT molecular complexity index is 905. The predicted molar refractivity (Wildman–Crippen MR) is 108 cm³/mol. The molecule has 8 nitrogen and oxygen atoms in total. The van der Waals surface area contributed by atoms with Crippen molar-refractivity contribution in [2.24, 2.45) is 0 Å². The molecule has 1 fully saturated rings. The predicted octanol–water partition coefficient (Wildman–Crippen LogP) is 3.30. The Morgan fingerprint density at radius 3 is 2.41 bits per heavy atom. The molecule has 29 heavy (non-hydrogen) atoms. The van der Waals surface area contributed by atoms with Crippen LogP contribution in [0.2, 0.25) is 0 Å². The third kappa shape index (κ3) is 4.90. The first kappa shape index (κ1) is 20.3. The van der Waals surface area contributed by atoms with Crippen LogP contribution in [0.25, 0.3) is 0 Å². The monoisotopic (exact) mass is 397 g/mol. The molecular formula is C21H23N3O5. The number of hydrogen-bond acceptors (Lipinski definition) is 6. The van der Waals surface area contributed by atoms with E-state index in [0.29, 0.717) is 16.8 Å². The number of hydrogen-bond donors (Lipinski definition) is 1. The molecule has 0 spiro atoms. The van der Waals surface area contributed by atoms with Gasteiger partial charge in [0.05, 0.1) is 28.8 Å². The van der Waals surface area contributed by atoms with Gasteiger partial charge in [-0.05, 0) is 43.0 Å². The number of ether oxygens (including phenoxy) is 1. The van der Waals surface area contributed by atoms with Crippen molar-refractivity contribution in [3.63, 3.8) is 0 Å². The molecule has 2 aromatic rings. The minimum absolute atomic E-state index is 0.113. The lowest BCUT2D eigenvalue weighted by Crippen LogP contribution is -2.32. The molecule has 152 valence electrons. The number of anilines is 1. The Balaban J connectivity index is 1.77. The molecule has 2 aromatic carbocycles. The lowest BCUT2D eigenvalue weighted by atomic mass is 10.1. The number of piperidine rings is 1. The molecule has 8 heteroatoms. The Hall–Kier alpha value is -3.42. The van der Waals surface area contributed by atoms with Crippen LogP contribution in [-0.2, 0) is 11.3 Å². The van der Waals surface area contributed by atoms with Crippen molar-refractivity contribution < 1.29 is 19.2 Å². The first-order chi connectivity index (χ1) is 14.0. The van der Waals surface area contributed by atoms with Crippen LogP contribution < -0.4 is 10.2 Å². The van der Waals surface area contributed by atoms with Gasteiger partial charge in [0.25, 0.3) is 11.6 Å². The van der Waals surface area contributed by atoms with Gasteiger partial charge in [-0.2, -0.15) is 0 Å². The standard InChI is InChI=1S/C21H23N3O5/c1-29-21(26)16-7-5-15(6-8-16)14-22-20(25)18-13-17(24(27)28)9-10-19(18)23-11-3-2-4-12-23/h5-10,13H,2-4,11-12,14H2,1H3,(H,22,25). The van der Waals surface area contributed by atoms with Gasteiger partial charge in [-0.15, -0.1) is 0 Å². The van der Waals surface area contributed by atoms with Gasteiger partial charge >= 0.3 is 5.97 Å². The molecule has 1 saturated heterocycles. The summed E-state index contributed by atoms with van der Waals surface area (Å²) in [5, 5.41) is 14.0. The second-order valence-corrected chi connectivity index (χ2v) is 6.88. The number of nitrogens with zero attached hydrogens (tertiary/aromatic N) is 2. The van der Waals surface area contributed by atoms with Gasteiger partial charge in [0, 0.05) is 31.8 Å². The minimum Gasteiger partial charge on any atom is -0.465 e. The maximum Gasteiger partial charge on any atom is 0.337 e. The van der Waals surface area contributed by atoms with Crippen LogP contribution in [-0.4, -0.2) is 37.0 Å². The zero-order valence-corrected chi connectivity index (χ0v) is 16.2. The normalized spacial score (nSPS) is 13.6. The summed E-state index contributed by atoms with van der Waals surface area (Å²) >= 11 is 0. The van der Waals surface area contributed by atoms with Crippen LogP contribution in [0.3, 0.4) is 0 Å². The highest BCUT2D eigenvalue weighted by molar-refractivity contribution is 6.00. The van der Waals surface area contributed by atoms with Gasteiger partial charge in [-0.3, -0.25) is 14.9 Å². The number of carbonyl (C=O) groups is 2. The zero-order chi connectivity index (χ0) is 20.8. The fourth-order valence-corrected chi connectivity index (χ4v) is 3.38. The maximum absolute atomic E-state index is 12.8. The Labute approximate surface area is 168 Å². The van der Waals surface area contributed by atoms with Gasteiger partial charge in [-0.25, -0.2) is 4.79 Å². The molecular weight excluding hydrogens is 374 g/mol. The van der Waals surface area contributed by atoms with Crippen molar-refractivity contribution in [2.45, 2.75) is 25.8 Å². The lowest BCUT2D eigenvalue weighted by molar-refractivity contribution is -0.384. The van der Waals surface area contributed by atoms with Crippen molar-refractivity contribution in [2.75, 3.05) is 25.1 Å². The van der Waals surface area contributed by atoms with E-state index in [1.807, 2.05) is 0 Å². The summed E-state index contributed by atoms with van der Waals surface area (Å²) in [6.45, 7) is 1.89. The van der Waals surface area contributed by atoms with Gasteiger partial charge in [0.1, 0.15) is 0 Å². The number of non-ortho nitro benzene ring substituents is 1. The quantitative estimate of drug-likeness (QED) is 0.456. The minimum atomic E-state index is -0.498. The van der Waals surface area contributed by atoms with E-state index in [-0.39, 0.29) is 18.1 Å². The first-order valence-corrected chi connectivity index (χ1v) is 9.48. The van der Waals surface area contributed by atoms with E-state index < -0.39 is 10.9 Å². The molecule has 0 radical (unpaired) electrons. The summed E-state index contributed by atoms with van der Waals surface area (Å²) in [6, 6.07) is 11.1. The molecule has 0 unspecified atom stereocenters. The average molecular weight is 397 g/mol. The highest BCUT2D eigenvalue weighted by atomic mass is 16.6. The van der Waals surface area contributed by atoms with Gasteiger partial charge in [0.15, 0.2) is 0 Å². The summed E-state index contributed by atoms with van der Waals surface area (Å²) in [4.78, 5) is 37.1. The van der Waals surface area contributed by atoms with Crippen LogP contribution in [0.4, 0.5) is 11.4 Å². The van der Waals surface area contributed by atoms with Crippen LogP contribution in [0.5, 0.6) is 0 Å². The van der Waals surface area contributed by atoms with E-state index in [1.165, 1.54) is 19.2 Å². The van der Waals surface area contributed by atoms with Crippen molar-refractivity contribution in [1.82, 2.24) is 5.32 Å². The van der Waals surface area contributed by atoms with Crippen molar-refractivity contribution in [3.05, 3.63) is 69.3 Å². The van der Waals surface area contributed by atoms with E-state index in [9.17, 15) is 19.7 Å². The summed E-state index contributed by atoms with van der Waals surface area (Å²) in [7, 11) is 1.31. The summed E-state index contributed by atoms with van der Waals surface area (Å²) in [5.41, 5.74) is 2.13. The smallest absolute Gasteiger partial charge is 0.337 e. The highest BCUT2D eigenvalue weighted by Gasteiger charge is 2.21. The Morgan fingerprint density at radius 2 is 1.79 bits per heavy atom. The van der Waals surface area contributed by atoms with Crippen molar-refractivity contribution in [3.8, 4) is 0 Å². The number of benzene rings is 2. The van der Waals surface area contributed by atoms with Gasteiger partial charge < -0.3 is 15.0 Å². The van der Waals surface area contributed by atoms with E-state index in [4.69, 9.17) is 0 Å². The molecule has 1 heterocycles. The molecule has 1 aliphatic heterocycles. The third-order valence-electron chi connectivity index (χ3n) is 4.96. The molecule has 0 bridgehead atoms. The van der Waals surface area contributed by atoms with Crippen LogP contribution in [0.1, 0.15) is 45.5 Å². The second kappa shape index (κ2) is 9.18. The zero-order valence-electron chi connectivity index (χ0n) is 16.2. The second-order valence-electron chi connectivity index (χ2n) is 6.88. The van der Waals surface area contributed by atoms with Crippen LogP contribution in [0.15, 0.2) is 42.5 Å². The maximum atomic E-state index is 12.8. The summed E-state index contributed by atoms with van der Waals surface area (Å²) < 4.78 is 4.67. The number of amides is 1. The summed E-state index contributed by atoms with van der Waals surface area (Å²) in [5.74, 6) is -0.797. The SMILES string of the molecule is COC(=O)c1ccc(CNC(=O)c2cc([N+](=O)[O-])ccc2N2CCCCC2)cc1. The number of rotatable bonds is 6. The molecule has 3 rings (SSSR count). The molecule has 0 aliphatic carbocycles. The van der Waals surface area contributed by atoms with Crippen molar-refractivity contribution >= 4 is 23.3 Å². The van der Waals surface area contributed by atoms with Crippen molar-refractivity contribution in [1.29, 1.82) is 0 Å². The number of methoxy groups -OCH3 is 1. The largest absolute Gasteiger partial charge is 0.465 e. The topological polar surface area (TPSA) is 102 Å². The number of carbonyl (C=O) groups excluding carboxylic acids is 2. The van der Waals surface area contributed by atoms with E-state index in [0.717, 1.165) is 37.9 Å². The molecule has 0 saturated carbocycles. The number of esters is 1. The third-order valence-corrected chi connectivity index (χ3v) is 4.96. The first-order valence-electron chi connectivity index (χ1n) is 9.48. The van der Waals surface area contributed by atoms with E-state index in [1.54, 1.807) is 30.3 Å². The van der Waals surface area contributed by atoms with Crippen LogP contribution in [0, 0.1) is 10.1 Å². The van der Waals surface area contributed by atoms with Gasteiger partial charge in [0.2, 0.25) is 0 Å². The fourth-order valence-electron chi connectivity index (χ4n) is 3.38. The van der Waals surface area contributed by atoms with Crippen LogP contribution >= 0.6 is 0 Å². The molecule has 1 amide bonds. The fraction of sp³-hybridized carbons (Fsp3) is 0.333. The number of nitro groups is 1. The number of nitrogens with one attached hydrogen (secondary N) is 1. The Kier molecular flexibility index (Phi) is 6.43. The van der Waals surface area contributed by atoms with E-state index >= 15 is 0 Å². The molecule has 1 N–H and O–H groups in total. The number of nitro benzene ring substituents is 1. The molecule has 0 atom stereocenters. The molecule has 0 aromatic heterocycles. The average Bonchev–Trinajstić information content (AvgIpc) is 2.77. The highest BCUT2D eigenvalue weighted by Crippen LogP contribution is 2.28.